The van der Waals surface area contributed by atoms with Crippen molar-refractivity contribution in [3.63, 3.8) is 0 Å². The molecule has 1 N–H and O–H groups in total. The maximum absolute atomic E-state index is 12.0. The maximum Gasteiger partial charge on any atom is 0.230 e. The molecule has 112 valence electrons. The first-order valence-corrected chi connectivity index (χ1v) is 7.01. The summed E-state index contributed by atoms with van der Waals surface area (Å²) < 4.78 is 10.7. The van der Waals surface area contributed by atoms with Gasteiger partial charge in [0.2, 0.25) is 5.91 Å². The molecule has 0 atom stereocenters. The summed E-state index contributed by atoms with van der Waals surface area (Å²) in [7, 11) is 0. The third kappa shape index (κ3) is 5.21. The summed E-state index contributed by atoms with van der Waals surface area (Å²) in [6.07, 6.45) is 0.942. The molecule has 1 aromatic rings. The van der Waals surface area contributed by atoms with E-state index < -0.39 is 0 Å². The van der Waals surface area contributed by atoms with Gasteiger partial charge in [0.1, 0.15) is 5.75 Å². The number of benzene rings is 1. The Morgan fingerprint density at radius 2 is 1.85 bits per heavy atom. The molecular formula is C16H25NO3. The number of nitrogens with one attached hydrogen (secondary N) is 1. The highest BCUT2D eigenvalue weighted by Crippen LogP contribution is 2.23. The topological polar surface area (TPSA) is 47.6 Å². The Kier molecular flexibility index (Phi) is 6.02. The fourth-order valence-corrected chi connectivity index (χ4v) is 1.33. The summed E-state index contributed by atoms with van der Waals surface area (Å²) in [5, 5.41) is 2.91. The van der Waals surface area contributed by atoms with Crippen LogP contribution in [0.5, 0.6) is 5.75 Å². The van der Waals surface area contributed by atoms with E-state index in [1.165, 1.54) is 0 Å². The second-order valence-corrected chi connectivity index (χ2v) is 5.69. The van der Waals surface area contributed by atoms with Gasteiger partial charge in [-0.25, -0.2) is 0 Å². The molecule has 0 aliphatic rings. The number of rotatable bonds is 7. The largest absolute Gasteiger partial charge is 0.468 e. The molecular weight excluding hydrogens is 254 g/mol. The first-order valence-electron chi connectivity index (χ1n) is 7.01. The molecule has 0 unspecified atom stereocenters. The van der Waals surface area contributed by atoms with E-state index in [4.69, 9.17) is 9.47 Å². The van der Waals surface area contributed by atoms with E-state index in [0.29, 0.717) is 0 Å². The van der Waals surface area contributed by atoms with E-state index in [1.54, 1.807) is 0 Å². The van der Waals surface area contributed by atoms with Crippen molar-refractivity contribution in [2.45, 2.75) is 47.1 Å². The Morgan fingerprint density at radius 3 is 2.35 bits per heavy atom. The van der Waals surface area contributed by atoms with Crippen LogP contribution in [0.4, 0.5) is 5.69 Å². The van der Waals surface area contributed by atoms with Gasteiger partial charge >= 0.3 is 0 Å². The third-order valence-electron chi connectivity index (χ3n) is 3.24. The van der Waals surface area contributed by atoms with Crippen LogP contribution in [-0.4, -0.2) is 18.8 Å². The molecule has 20 heavy (non-hydrogen) atoms. The van der Waals surface area contributed by atoms with E-state index in [0.717, 1.165) is 17.9 Å². The van der Waals surface area contributed by atoms with Gasteiger partial charge in [-0.3, -0.25) is 4.79 Å². The van der Waals surface area contributed by atoms with Gasteiger partial charge in [-0.2, -0.15) is 0 Å². The number of hydrogen-bond acceptors (Lipinski definition) is 3. The minimum absolute atomic E-state index is 0.0248. The lowest BCUT2D eigenvalue weighted by Gasteiger charge is -2.21. The second-order valence-electron chi connectivity index (χ2n) is 5.69. The fourth-order valence-electron chi connectivity index (χ4n) is 1.33. The highest BCUT2D eigenvalue weighted by molar-refractivity contribution is 5.94. The molecule has 1 amide bonds. The normalized spacial score (nSPS) is 11.5. The fraction of sp³-hybridized carbons (Fsp3) is 0.562. The van der Waals surface area contributed by atoms with E-state index in [-0.39, 0.29) is 24.2 Å². The molecule has 0 heterocycles. The number of anilines is 1. The van der Waals surface area contributed by atoms with Crippen LogP contribution in [0.1, 0.15) is 41.0 Å². The van der Waals surface area contributed by atoms with Crippen LogP contribution in [0.2, 0.25) is 0 Å². The SMILES string of the molecule is CCC(C)(C)C(=O)Nc1ccc(OCOC(C)C)cc1. The van der Waals surface area contributed by atoms with Crippen LogP contribution >= 0.6 is 0 Å². The van der Waals surface area contributed by atoms with Crippen LogP contribution in [-0.2, 0) is 9.53 Å². The minimum atomic E-state index is -0.361. The number of carbonyl (C=O) groups is 1. The van der Waals surface area contributed by atoms with Gasteiger partial charge in [-0.1, -0.05) is 20.8 Å². The molecule has 0 spiro atoms. The van der Waals surface area contributed by atoms with Crippen molar-refractivity contribution in [1.29, 1.82) is 0 Å². The smallest absolute Gasteiger partial charge is 0.230 e. The number of hydrogen-bond donors (Lipinski definition) is 1. The van der Waals surface area contributed by atoms with Crippen molar-refractivity contribution in [3.8, 4) is 5.75 Å². The molecule has 1 rings (SSSR count). The summed E-state index contributed by atoms with van der Waals surface area (Å²) in [4.78, 5) is 12.0. The third-order valence-corrected chi connectivity index (χ3v) is 3.24. The minimum Gasteiger partial charge on any atom is -0.468 e. The van der Waals surface area contributed by atoms with Gasteiger partial charge in [-0.15, -0.1) is 0 Å². The molecule has 0 radical (unpaired) electrons. The van der Waals surface area contributed by atoms with Gasteiger partial charge in [0.25, 0.3) is 0 Å². The van der Waals surface area contributed by atoms with E-state index in [9.17, 15) is 4.79 Å². The average Bonchev–Trinajstić information content (AvgIpc) is 2.40. The Morgan fingerprint density at radius 1 is 1.25 bits per heavy atom. The summed E-state index contributed by atoms with van der Waals surface area (Å²) in [6.45, 7) is 10.0. The molecule has 0 fully saturated rings. The Balaban J connectivity index is 2.52. The van der Waals surface area contributed by atoms with E-state index >= 15 is 0 Å². The van der Waals surface area contributed by atoms with Crippen molar-refractivity contribution in [2.24, 2.45) is 5.41 Å². The van der Waals surface area contributed by atoms with Gasteiger partial charge in [-0.05, 0) is 44.5 Å². The second kappa shape index (κ2) is 7.29. The van der Waals surface area contributed by atoms with Crippen LogP contribution < -0.4 is 10.1 Å². The van der Waals surface area contributed by atoms with Gasteiger partial charge < -0.3 is 14.8 Å². The lowest BCUT2D eigenvalue weighted by atomic mass is 9.89. The van der Waals surface area contributed by atoms with Crippen LogP contribution in [0.3, 0.4) is 0 Å². The molecule has 0 aromatic heterocycles. The van der Waals surface area contributed by atoms with Crippen LogP contribution in [0.25, 0.3) is 0 Å². The molecule has 0 aliphatic carbocycles. The van der Waals surface area contributed by atoms with Crippen molar-refractivity contribution in [2.75, 3.05) is 12.1 Å². The van der Waals surface area contributed by atoms with Crippen molar-refractivity contribution >= 4 is 11.6 Å². The first kappa shape index (κ1) is 16.5. The Bertz CT molecular complexity index is 424. The summed E-state index contributed by atoms with van der Waals surface area (Å²) >= 11 is 0. The van der Waals surface area contributed by atoms with Crippen molar-refractivity contribution in [3.05, 3.63) is 24.3 Å². The standard InChI is InChI=1S/C16H25NO3/c1-6-16(4,5)15(18)17-13-7-9-14(10-8-13)20-11-19-12(2)3/h7-10,12H,6,11H2,1-5H3,(H,17,18). The lowest BCUT2D eigenvalue weighted by Crippen LogP contribution is -2.29. The quantitative estimate of drug-likeness (QED) is 0.772. The van der Waals surface area contributed by atoms with E-state index in [2.05, 4.69) is 5.32 Å². The molecule has 0 saturated heterocycles. The van der Waals surface area contributed by atoms with Crippen LogP contribution in [0.15, 0.2) is 24.3 Å². The zero-order valence-corrected chi connectivity index (χ0v) is 13.0. The van der Waals surface area contributed by atoms with Crippen LogP contribution in [0, 0.1) is 5.41 Å². The lowest BCUT2D eigenvalue weighted by molar-refractivity contribution is -0.124. The monoisotopic (exact) mass is 279 g/mol. The predicted molar refractivity (Wildman–Crippen MR) is 80.9 cm³/mol. The van der Waals surface area contributed by atoms with Crippen molar-refractivity contribution < 1.29 is 14.3 Å². The Hall–Kier alpha value is -1.55. The number of carbonyl (C=O) groups excluding carboxylic acids is 1. The van der Waals surface area contributed by atoms with Gasteiger partial charge in [0, 0.05) is 11.1 Å². The molecule has 0 bridgehead atoms. The summed E-state index contributed by atoms with van der Waals surface area (Å²) in [5.74, 6) is 0.746. The predicted octanol–water partition coefficient (Wildman–Crippen LogP) is 3.82. The first-order chi connectivity index (χ1) is 9.35. The Labute approximate surface area is 121 Å². The molecule has 4 nitrogen and oxygen atoms in total. The molecule has 0 aliphatic heterocycles. The molecule has 0 saturated carbocycles. The maximum atomic E-state index is 12.0. The highest BCUT2D eigenvalue weighted by Gasteiger charge is 2.25. The van der Waals surface area contributed by atoms with Gasteiger partial charge in [0.15, 0.2) is 6.79 Å². The zero-order chi connectivity index (χ0) is 15.2. The average molecular weight is 279 g/mol. The number of amides is 1. The molecule has 1 aromatic carbocycles. The van der Waals surface area contributed by atoms with Gasteiger partial charge in [0.05, 0.1) is 6.10 Å². The van der Waals surface area contributed by atoms with E-state index in [1.807, 2.05) is 58.9 Å². The van der Waals surface area contributed by atoms with Crippen molar-refractivity contribution in [1.82, 2.24) is 0 Å². The summed E-state index contributed by atoms with van der Waals surface area (Å²) in [6, 6.07) is 7.29. The summed E-state index contributed by atoms with van der Waals surface area (Å²) in [5.41, 5.74) is 0.411. The zero-order valence-electron chi connectivity index (χ0n) is 13.0. The highest BCUT2D eigenvalue weighted by atomic mass is 16.7. The molecule has 4 heteroatoms. The number of ether oxygens (including phenoxy) is 2.